The molecule has 0 aliphatic rings. The van der Waals surface area contributed by atoms with E-state index in [9.17, 15) is 18.0 Å². The first-order valence-electron chi connectivity index (χ1n) is 9.04. The zero-order chi connectivity index (χ0) is 20.9. The Morgan fingerprint density at radius 3 is 2.59 bits per heavy atom. The number of benzene rings is 2. The molecule has 1 heterocycles. The van der Waals surface area contributed by atoms with Crippen LogP contribution in [0.5, 0.6) is 5.75 Å². The SMILES string of the molecule is Cn1cc(CCOC(=O)NCC(F)(F)F)c2c(OCc3ccccc3)cccc21. The molecule has 5 nitrogen and oxygen atoms in total. The van der Waals surface area contributed by atoms with Gasteiger partial charge in [0.25, 0.3) is 0 Å². The van der Waals surface area contributed by atoms with Gasteiger partial charge < -0.3 is 19.4 Å². The maximum atomic E-state index is 12.1. The molecule has 0 saturated heterocycles. The number of fused-ring (bicyclic) bond motifs is 1. The molecule has 0 aliphatic carbocycles. The van der Waals surface area contributed by atoms with Crippen molar-refractivity contribution in [2.24, 2.45) is 7.05 Å². The van der Waals surface area contributed by atoms with E-state index in [4.69, 9.17) is 9.47 Å². The maximum absolute atomic E-state index is 12.1. The number of carbonyl (C=O) groups excluding carboxylic acids is 1. The second-order valence-electron chi connectivity index (χ2n) is 6.54. The van der Waals surface area contributed by atoms with Crippen LogP contribution in [0, 0.1) is 0 Å². The van der Waals surface area contributed by atoms with Crippen molar-refractivity contribution in [3.63, 3.8) is 0 Å². The Labute approximate surface area is 166 Å². The number of nitrogens with zero attached hydrogens (tertiary/aromatic N) is 1. The molecule has 0 radical (unpaired) electrons. The minimum absolute atomic E-state index is 0.0458. The number of aromatic nitrogens is 1. The molecule has 2 aromatic carbocycles. The predicted octanol–water partition coefficient (Wildman–Crippen LogP) is 4.59. The summed E-state index contributed by atoms with van der Waals surface area (Å²) in [5.41, 5.74) is 2.87. The standard InChI is InChI=1S/C21H21F3N2O3/c1-26-12-16(10-11-28-20(27)25-14-21(22,23)24)19-17(26)8-5-9-18(19)29-13-15-6-3-2-4-7-15/h2-9,12H,10-11,13-14H2,1H3,(H,25,27). The van der Waals surface area contributed by atoms with E-state index in [-0.39, 0.29) is 6.61 Å². The van der Waals surface area contributed by atoms with Gasteiger partial charge in [-0.1, -0.05) is 36.4 Å². The third-order valence-corrected chi connectivity index (χ3v) is 4.33. The first-order valence-corrected chi connectivity index (χ1v) is 9.04. The lowest BCUT2D eigenvalue weighted by atomic mass is 10.1. The molecule has 3 aromatic rings. The average molecular weight is 406 g/mol. The van der Waals surface area contributed by atoms with Crippen molar-refractivity contribution < 1.29 is 27.4 Å². The Balaban J connectivity index is 1.67. The third-order valence-electron chi connectivity index (χ3n) is 4.33. The molecule has 0 aliphatic heterocycles. The molecule has 3 rings (SSSR count). The van der Waals surface area contributed by atoms with E-state index < -0.39 is 18.8 Å². The van der Waals surface area contributed by atoms with Gasteiger partial charge in [-0.3, -0.25) is 0 Å². The Hall–Kier alpha value is -3.16. The molecule has 0 unspecified atom stereocenters. The zero-order valence-corrected chi connectivity index (χ0v) is 15.8. The monoisotopic (exact) mass is 406 g/mol. The van der Waals surface area contributed by atoms with Crippen LogP contribution in [0.25, 0.3) is 10.9 Å². The fourth-order valence-corrected chi connectivity index (χ4v) is 3.03. The van der Waals surface area contributed by atoms with Gasteiger partial charge in [0.05, 0.1) is 12.1 Å². The highest BCUT2D eigenvalue weighted by molar-refractivity contribution is 5.90. The molecule has 8 heteroatoms. The Kier molecular flexibility index (Phi) is 6.31. The van der Waals surface area contributed by atoms with Crippen molar-refractivity contribution in [1.29, 1.82) is 0 Å². The molecular formula is C21H21F3N2O3. The van der Waals surface area contributed by atoms with Crippen molar-refractivity contribution in [3.05, 3.63) is 65.9 Å². The van der Waals surface area contributed by atoms with Crippen molar-refractivity contribution in [1.82, 2.24) is 9.88 Å². The number of ether oxygens (including phenoxy) is 2. The van der Waals surface area contributed by atoms with Crippen LogP contribution in [-0.2, 0) is 24.8 Å². The summed E-state index contributed by atoms with van der Waals surface area (Å²) in [5, 5.41) is 2.58. The highest BCUT2D eigenvalue weighted by Crippen LogP contribution is 2.31. The summed E-state index contributed by atoms with van der Waals surface area (Å²) in [7, 11) is 1.89. The number of rotatable bonds is 7. The molecule has 0 spiro atoms. The van der Waals surface area contributed by atoms with Crippen LogP contribution in [0.1, 0.15) is 11.1 Å². The van der Waals surface area contributed by atoms with Gasteiger partial charge in [-0.05, 0) is 23.3 Å². The zero-order valence-electron chi connectivity index (χ0n) is 15.8. The number of nitrogens with one attached hydrogen (secondary N) is 1. The van der Waals surface area contributed by atoms with Crippen molar-refractivity contribution in [2.75, 3.05) is 13.2 Å². The predicted molar refractivity (Wildman–Crippen MR) is 103 cm³/mol. The van der Waals surface area contributed by atoms with Gasteiger partial charge in [-0.2, -0.15) is 13.2 Å². The van der Waals surface area contributed by atoms with E-state index in [1.54, 1.807) is 5.32 Å². The second kappa shape index (κ2) is 8.89. The summed E-state index contributed by atoms with van der Waals surface area (Å²) in [4.78, 5) is 11.4. The topological polar surface area (TPSA) is 52.5 Å². The number of amides is 1. The lowest BCUT2D eigenvalue weighted by Gasteiger charge is -2.10. The molecule has 0 fully saturated rings. The fraction of sp³-hybridized carbons (Fsp3) is 0.286. The molecule has 1 N–H and O–H groups in total. The molecule has 1 amide bonds. The van der Waals surface area contributed by atoms with Crippen molar-refractivity contribution >= 4 is 17.0 Å². The van der Waals surface area contributed by atoms with Crippen molar-refractivity contribution in [3.8, 4) is 5.75 Å². The minimum Gasteiger partial charge on any atom is -0.488 e. The van der Waals surface area contributed by atoms with Gasteiger partial charge in [0.15, 0.2) is 0 Å². The van der Waals surface area contributed by atoms with E-state index in [2.05, 4.69) is 0 Å². The fourth-order valence-electron chi connectivity index (χ4n) is 3.03. The molecule has 154 valence electrons. The number of halogens is 3. The number of alkyl halides is 3. The highest BCUT2D eigenvalue weighted by atomic mass is 19.4. The van der Waals surface area contributed by atoms with E-state index >= 15 is 0 Å². The van der Waals surface area contributed by atoms with E-state index in [1.165, 1.54) is 0 Å². The van der Waals surface area contributed by atoms with Gasteiger partial charge in [-0.15, -0.1) is 0 Å². The Morgan fingerprint density at radius 1 is 1.10 bits per heavy atom. The lowest BCUT2D eigenvalue weighted by molar-refractivity contribution is -0.123. The van der Waals surface area contributed by atoms with Crippen LogP contribution in [-0.4, -0.2) is 30.0 Å². The van der Waals surface area contributed by atoms with Gasteiger partial charge in [0.1, 0.15) is 18.9 Å². The van der Waals surface area contributed by atoms with Crippen LogP contribution in [0.4, 0.5) is 18.0 Å². The smallest absolute Gasteiger partial charge is 0.407 e. The summed E-state index contributed by atoms with van der Waals surface area (Å²) in [6.45, 7) is -1.06. The summed E-state index contributed by atoms with van der Waals surface area (Å²) >= 11 is 0. The molecule has 0 bridgehead atoms. The van der Waals surface area contributed by atoms with Crippen LogP contribution in [0.15, 0.2) is 54.7 Å². The minimum atomic E-state index is -4.47. The molecule has 0 saturated carbocycles. The Morgan fingerprint density at radius 2 is 1.86 bits per heavy atom. The first kappa shape index (κ1) is 20.6. The molecule has 1 aromatic heterocycles. The number of hydrogen-bond acceptors (Lipinski definition) is 3. The van der Waals surface area contributed by atoms with Gasteiger partial charge in [-0.25, -0.2) is 4.79 Å². The summed E-state index contributed by atoms with van der Waals surface area (Å²) < 4.78 is 49.2. The van der Waals surface area contributed by atoms with Crippen LogP contribution in [0.3, 0.4) is 0 Å². The largest absolute Gasteiger partial charge is 0.488 e. The van der Waals surface area contributed by atoms with Gasteiger partial charge in [0, 0.05) is 25.1 Å². The number of carbonyl (C=O) groups is 1. The Bertz CT molecular complexity index is 968. The quantitative estimate of drug-likeness (QED) is 0.625. The van der Waals surface area contributed by atoms with Gasteiger partial charge >= 0.3 is 12.3 Å². The lowest BCUT2D eigenvalue weighted by Crippen LogP contribution is -2.34. The third kappa shape index (κ3) is 5.66. The summed E-state index contributed by atoms with van der Waals surface area (Å²) in [5.74, 6) is 0.698. The summed E-state index contributed by atoms with van der Waals surface area (Å²) in [6.07, 6.45) is -3.32. The number of hydrogen-bond donors (Lipinski definition) is 1. The number of alkyl carbamates (subject to hydrolysis) is 1. The van der Waals surface area contributed by atoms with E-state index in [1.807, 2.05) is 66.3 Å². The average Bonchev–Trinajstić information content (AvgIpc) is 3.01. The summed E-state index contributed by atoms with van der Waals surface area (Å²) in [6, 6.07) is 15.5. The van der Waals surface area contributed by atoms with Crippen LogP contribution in [0.2, 0.25) is 0 Å². The molecule has 29 heavy (non-hydrogen) atoms. The normalized spacial score (nSPS) is 11.4. The molecule has 0 atom stereocenters. The molecular weight excluding hydrogens is 385 g/mol. The first-order chi connectivity index (χ1) is 13.8. The van der Waals surface area contributed by atoms with E-state index in [0.29, 0.717) is 18.8 Å². The maximum Gasteiger partial charge on any atom is 0.407 e. The van der Waals surface area contributed by atoms with Crippen LogP contribution < -0.4 is 10.1 Å². The van der Waals surface area contributed by atoms with Gasteiger partial charge in [0.2, 0.25) is 0 Å². The van der Waals surface area contributed by atoms with Crippen molar-refractivity contribution in [2.45, 2.75) is 19.2 Å². The second-order valence-corrected chi connectivity index (χ2v) is 6.54. The highest BCUT2D eigenvalue weighted by Gasteiger charge is 2.28. The number of aryl methyl sites for hydroxylation is 1. The van der Waals surface area contributed by atoms with Crippen LogP contribution >= 0.6 is 0 Å². The van der Waals surface area contributed by atoms with E-state index in [0.717, 1.165) is 22.0 Å².